The Labute approximate surface area is 123 Å². The molecule has 1 aromatic rings. The minimum atomic E-state index is 0.537. The number of ether oxygens (including phenoxy) is 1. The third-order valence-corrected chi connectivity index (χ3v) is 4.88. The fourth-order valence-corrected chi connectivity index (χ4v) is 3.43. The standard InChI is InChI=1S/C15H21BrN2O/c1-10-8-17-14(11-3-4-11)9-18(10)12-5-6-15(19-2)13(16)7-12/h5-7,10-11,14,17H,3-4,8-9H2,1-2H3. The summed E-state index contributed by atoms with van der Waals surface area (Å²) in [5.41, 5.74) is 1.28. The highest BCUT2D eigenvalue weighted by atomic mass is 79.9. The molecular weight excluding hydrogens is 304 g/mol. The predicted molar refractivity (Wildman–Crippen MR) is 82.0 cm³/mol. The second-order valence-electron chi connectivity index (χ2n) is 5.67. The van der Waals surface area contributed by atoms with Crippen molar-refractivity contribution in [3.63, 3.8) is 0 Å². The summed E-state index contributed by atoms with van der Waals surface area (Å²) in [6, 6.07) is 7.58. The lowest BCUT2D eigenvalue weighted by atomic mass is 10.1. The van der Waals surface area contributed by atoms with E-state index in [1.807, 2.05) is 6.07 Å². The Kier molecular flexibility index (Phi) is 3.72. The minimum Gasteiger partial charge on any atom is -0.496 e. The van der Waals surface area contributed by atoms with Crippen LogP contribution in [-0.4, -0.2) is 32.3 Å². The molecule has 1 saturated heterocycles. The van der Waals surface area contributed by atoms with E-state index in [-0.39, 0.29) is 0 Å². The zero-order chi connectivity index (χ0) is 13.4. The molecule has 0 aromatic heterocycles. The Hall–Kier alpha value is -0.740. The van der Waals surface area contributed by atoms with E-state index >= 15 is 0 Å². The quantitative estimate of drug-likeness (QED) is 0.924. The Morgan fingerprint density at radius 3 is 2.79 bits per heavy atom. The van der Waals surface area contributed by atoms with E-state index in [2.05, 4.69) is 45.2 Å². The van der Waals surface area contributed by atoms with Gasteiger partial charge < -0.3 is 15.0 Å². The molecule has 0 spiro atoms. The molecule has 1 heterocycles. The second kappa shape index (κ2) is 5.33. The first kappa shape index (κ1) is 13.3. The fraction of sp³-hybridized carbons (Fsp3) is 0.600. The Morgan fingerprint density at radius 2 is 2.16 bits per heavy atom. The van der Waals surface area contributed by atoms with Crippen LogP contribution in [0.1, 0.15) is 19.8 Å². The number of hydrogen-bond donors (Lipinski definition) is 1. The number of nitrogens with one attached hydrogen (secondary N) is 1. The van der Waals surface area contributed by atoms with E-state index in [0.29, 0.717) is 12.1 Å². The summed E-state index contributed by atoms with van der Waals surface area (Å²) >= 11 is 3.58. The summed E-state index contributed by atoms with van der Waals surface area (Å²) in [7, 11) is 1.70. The molecule has 0 bridgehead atoms. The van der Waals surface area contributed by atoms with Crippen molar-refractivity contribution in [2.45, 2.75) is 31.8 Å². The van der Waals surface area contributed by atoms with E-state index in [4.69, 9.17) is 4.74 Å². The number of halogens is 1. The summed E-state index contributed by atoms with van der Waals surface area (Å²) in [6.07, 6.45) is 2.79. The molecule has 2 unspecified atom stereocenters. The van der Waals surface area contributed by atoms with Gasteiger partial charge in [-0.15, -0.1) is 0 Å². The first-order chi connectivity index (χ1) is 9.19. The van der Waals surface area contributed by atoms with Gasteiger partial charge in [0.05, 0.1) is 11.6 Å². The lowest BCUT2D eigenvalue weighted by Crippen LogP contribution is -2.56. The maximum absolute atomic E-state index is 5.31. The number of piperazine rings is 1. The molecule has 104 valence electrons. The van der Waals surface area contributed by atoms with Crippen LogP contribution in [0.15, 0.2) is 22.7 Å². The lowest BCUT2D eigenvalue weighted by molar-refractivity contribution is 0.375. The summed E-state index contributed by atoms with van der Waals surface area (Å²) in [4.78, 5) is 2.52. The van der Waals surface area contributed by atoms with E-state index in [9.17, 15) is 0 Å². The molecule has 2 aliphatic rings. The number of hydrogen-bond acceptors (Lipinski definition) is 3. The summed E-state index contributed by atoms with van der Waals surface area (Å²) in [6.45, 7) is 4.48. The molecule has 1 N–H and O–H groups in total. The fourth-order valence-electron chi connectivity index (χ4n) is 2.90. The van der Waals surface area contributed by atoms with Crippen molar-refractivity contribution in [1.29, 1.82) is 0 Å². The van der Waals surface area contributed by atoms with Crippen molar-refractivity contribution >= 4 is 21.6 Å². The highest BCUT2D eigenvalue weighted by molar-refractivity contribution is 9.10. The number of rotatable bonds is 3. The van der Waals surface area contributed by atoms with Crippen LogP contribution in [0.4, 0.5) is 5.69 Å². The number of methoxy groups -OCH3 is 1. The van der Waals surface area contributed by atoms with Gasteiger partial charge in [0.15, 0.2) is 0 Å². The molecule has 0 radical (unpaired) electrons. The molecule has 1 aliphatic heterocycles. The molecule has 0 amide bonds. The van der Waals surface area contributed by atoms with Gasteiger partial charge in [-0.1, -0.05) is 0 Å². The van der Waals surface area contributed by atoms with Crippen molar-refractivity contribution in [3.05, 3.63) is 22.7 Å². The molecule has 1 aromatic carbocycles. The highest BCUT2D eigenvalue weighted by Crippen LogP contribution is 2.36. The van der Waals surface area contributed by atoms with Gasteiger partial charge in [0.2, 0.25) is 0 Å². The molecule has 3 rings (SSSR count). The van der Waals surface area contributed by atoms with Crippen LogP contribution < -0.4 is 15.0 Å². The van der Waals surface area contributed by atoms with Gasteiger partial charge in [-0.2, -0.15) is 0 Å². The third kappa shape index (κ3) is 2.75. The van der Waals surface area contributed by atoms with Crippen LogP contribution in [0.5, 0.6) is 5.75 Å². The molecule has 2 atom stereocenters. The molecule has 3 nitrogen and oxygen atoms in total. The largest absolute Gasteiger partial charge is 0.496 e. The van der Waals surface area contributed by atoms with Gasteiger partial charge in [0, 0.05) is 30.9 Å². The first-order valence-electron chi connectivity index (χ1n) is 7.02. The van der Waals surface area contributed by atoms with E-state index in [1.54, 1.807) is 7.11 Å². The van der Waals surface area contributed by atoms with Gasteiger partial charge >= 0.3 is 0 Å². The van der Waals surface area contributed by atoms with Gasteiger partial charge in [0.25, 0.3) is 0 Å². The van der Waals surface area contributed by atoms with Gasteiger partial charge in [-0.3, -0.25) is 0 Å². The van der Waals surface area contributed by atoms with E-state index < -0.39 is 0 Å². The Morgan fingerprint density at radius 1 is 1.37 bits per heavy atom. The molecular formula is C15H21BrN2O. The smallest absolute Gasteiger partial charge is 0.133 e. The zero-order valence-corrected chi connectivity index (χ0v) is 13.1. The van der Waals surface area contributed by atoms with Gasteiger partial charge in [0.1, 0.15) is 5.75 Å². The van der Waals surface area contributed by atoms with Crippen molar-refractivity contribution < 1.29 is 4.74 Å². The van der Waals surface area contributed by atoms with Crippen molar-refractivity contribution in [2.75, 3.05) is 25.1 Å². The lowest BCUT2D eigenvalue weighted by Gasteiger charge is -2.40. The van der Waals surface area contributed by atoms with Crippen LogP contribution in [-0.2, 0) is 0 Å². The second-order valence-corrected chi connectivity index (χ2v) is 6.53. The third-order valence-electron chi connectivity index (χ3n) is 4.26. The Bertz CT molecular complexity index is 461. The van der Waals surface area contributed by atoms with Crippen LogP contribution >= 0.6 is 15.9 Å². The molecule has 1 saturated carbocycles. The van der Waals surface area contributed by atoms with Crippen molar-refractivity contribution in [1.82, 2.24) is 5.32 Å². The number of nitrogens with zero attached hydrogens (tertiary/aromatic N) is 1. The van der Waals surface area contributed by atoms with Crippen molar-refractivity contribution in [3.8, 4) is 5.75 Å². The number of anilines is 1. The summed E-state index contributed by atoms with van der Waals surface area (Å²) in [5.74, 6) is 1.79. The van der Waals surface area contributed by atoms with Crippen LogP contribution in [0.2, 0.25) is 0 Å². The normalized spacial score (nSPS) is 27.4. The summed E-state index contributed by atoms with van der Waals surface area (Å²) < 4.78 is 6.33. The SMILES string of the molecule is COc1ccc(N2CC(C3CC3)NCC2C)cc1Br. The predicted octanol–water partition coefficient (Wildman–Crippen LogP) is 3.03. The highest BCUT2D eigenvalue weighted by Gasteiger charge is 2.36. The molecule has 4 heteroatoms. The van der Waals surface area contributed by atoms with Crippen molar-refractivity contribution in [2.24, 2.45) is 5.92 Å². The van der Waals surface area contributed by atoms with Crippen LogP contribution in [0.3, 0.4) is 0 Å². The van der Waals surface area contributed by atoms with Gasteiger partial charge in [-0.05, 0) is 59.8 Å². The topological polar surface area (TPSA) is 24.5 Å². The minimum absolute atomic E-state index is 0.537. The molecule has 19 heavy (non-hydrogen) atoms. The van der Waals surface area contributed by atoms with Gasteiger partial charge in [-0.25, -0.2) is 0 Å². The molecule has 1 aliphatic carbocycles. The Balaban J connectivity index is 1.80. The maximum Gasteiger partial charge on any atom is 0.133 e. The van der Waals surface area contributed by atoms with Crippen LogP contribution in [0, 0.1) is 5.92 Å². The van der Waals surface area contributed by atoms with Crippen LogP contribution in [0.25, 0.3) is 0 Å². The maximum atomic E-state index is 5.31. The van der Waals surface area contributed by atoms with E-state index in [0.717, 1.165) is 29.2 Å². The zero-order valence-electron chi connectivity index (χ0n) is 11.5. The van der Waals surface area contributed by atoms with E-state index in [1.165, 1.54) is 18.5 Å². The monoisotopic (exact) mass is 324 g/mol. The summed E-state index contributed by atoms with van der Waals surface area (Å²) in [5, 5.41) is 3.69. The number of benzene rings is 1. The molecule has 2 fully saturated rings. The average Bonchev–Trinajstić information content (AvgIpc) is 3.23. The average molecular weight is 325 g/mol. The first-order valence-corrected chi connectivity index (χ1v) is 7.82.